The summed E-state index contributed by atoms with van der Waals surface area (Å²) in [5.74, 6) is -12.3. The van der Waals surface area contributed by atoms with Crippen LogP contribution in [0.5, 0.6) is 0 Å². The largest absolute Gasteiger partial charge is 0.480 e. The minimum Gasteiger partial charge on any atom is -0.480 e. The molecule has 1 aromatic heterocycles. The second-order valence-corrected chi connectivity index (χ2v) is 31.2. The van der Waals surface area contributed by atoms with Crippen LogP contribution in [0.3, 0.4) is 0 Å². The average molecular weight is 1580 g/mol. The van der Waals surface area contributed by atoms with Gasteiger partial charge in [0.2, 0.25) is 70.9 Å². The minimum absolute atomic E-state index is 0.00279. The van der Waals surface area contributed by atoms with Gasteiger partial charge in [0.05, 0.1) is 18.9 Å². The molecule has 12 amide bonds. The van der Waals surface area contributed by atoms with Crippen molar-refractivity contribution in [3.05, 3.63) is 54.1 Å². The van der Waals surface area contributed by atoms with Gasteiger partial charge in [-0.05, 0) is 137 Å². The number of carbonyl (C=O) groups excluding carboxylic acids is 12. The summed E-state index contributed by atoms with van der Waals surface area (Å²) in [6.07, 6.45) is 6.16. The number of nitrogens with zero attached hydrogens (tertiary/aromatic N) is 3. The van der Waals surface area contributed by atoms with E-state index < -0.39 is 168 Å². The highest BCUT2D eigenvalue weighted by molar-refractivity contribution is 7.98. The first-order valence-corrected chi connectivity index (χ1v) is 39.6. The number of aliphatic imine (C=N–C) groups is 2. The van der Waals surface area contributed by atoms with Crippen LogP contribution in [0.1, 0.15) is 171 Å². The molecule has 1 aromatic carbocycles. The fourth-order valence-electron chi connectivity index (χ4n) is 11.7. The highest BCUT2D eigenvalue weighted by Gasteiger charge is 2.38. The third-order valence-electron chi connectivity index (χ3n) is 17.5. The van der Waals surface area contributed by atoms with Gasteiger partial charge in [-0.25, -0.2) is 9.78 Å². The lowest BCUT2D eigenvalue weighted by Crippen LogP contribution is -2.61. The van der Waals surface area contributed by atoms with Gasteiger partial charge in [-0.2, -0.15) is 11.8 Å². The summed E-state index contributed by atoms with van der Waals surface area (Å²) in [4.78, 5) is 198. The Morgan fingerprint density at radius 2 is 0.829 bits per heavy atom. The quantitative estimate of drug-likeness (QED) is 0.0204. The van der Waals surface area contributed by atoms with Crippen LogP contribution < -0.4 is 98.2 Å². The smallest absolute Gasteiger partial charge is 0.326 e. The predicted molar refractivity (Wildman–Crippen MR) is 426 cm³/mol. The van der Waals surface area contributed by atoms with E-state index in [4.69, 9.17) is 34.4 Å². The number of nitrogens with one attached hydrogen (secondary N) is 13. The van der Waals surface area contributed by atoms with E-state index in [1.165, 1.54) is 24.3 Å². The predicted octanol–water partition coefficient (Wildman–Crippen LogP) is -1.46. The van der Waals surface area contributed by atoms with Crippen LogP contribution in [-0.4, -0.2) is 215 Å². The monoisotopic (exact) mass is 1580 g/mol. The number of nitrogens with two attached hydrogens (primary N) is 6. The summed E-state index contributed by atoms with van der Waals surface area (Å²) in [5, 5.41) is 42.3. The van der Waals surface area contributed by atoms with Crippen molar-refractivity contribution in [2.75, 3.05) is 38.2 Å². The summed E-state index contributed by atoms with van der Waals surface area (Å²) >= 11 is 1.39. The van der Waals surface area contributed by atoms with Gasteiger partial charge in [0.25, 0.3) is 0 Å². The zero-order valence-corrected chi connectivity index (χ0v) is 67.7. The SMILES string of the molecule is CSCC[C@H](NC(=O)[C@H](CC(C)C)NC(=O)[C@H](Cc1ccccc1)NC(=O)[C@H](CCCN=C(N)N)NC(=O)[C@@H](NC(=O)[C@H](CCCCN)NC(=O)CNC(=O)[C@H](CCCN=C(N)N)NC(=O)[C@H](CC(C)C)NC(=O)[C@H](CC(C)C)NC(=O)[C@@H](N)Cc1cnc[nH]1)C(C)C)C(=O)N[C@@H](CC(C)C)C(=O)N[C@H](C(=O)O)C(C)C. The fraction of sp³-hybridized carbons (Fsp3) is 0.676. The number of amides is 12. The summed E-state index contributed by atoms with van der Waals surface area (Å²) < 4.78 is 0. The lowest BCUT2D eigenvalue weighted by Gasteiger charge is -2.29. The second-order valence-electron chi connectivity index (χ2n) is 30.2. The van der Waals surface area contributed by atoms with E-state index in [0.29, 0.717) is 29.9 Å². The van der Waals surface area contributed by atoms with Gasteiger partial charge in [-0.3, -0.25) is 67.5 Å². The number of carboxylic acids is 1. The Hall–Kier alpha value is -9.65. The lowest BCUT2D eigenvalue weighted by molar-refractivity contribution is -0.143. The van der Waals surface area contributed by atoms with Crippen LogP contribution in [0.25, 0.3) is 0 Å². The Labute approximate surface area is 656 Å². The molecule has 624 valence electrons. The molecule has 0 radical (unpaired) electrons. The molecule has 0 bridgehead atoms. The van der Waals surface area contributed by atoms with E-state index in [2.05, 4.69) is 83.8 Å². The molecule has 2 aromatic rings. The van der Waals surface area contributed by atoms with Crippen molar-refractivity contribution >= 4 is 101 Å². The number of unbranched alkanes of at least 4 members (excludes halogenated alkanes) is 1. The third kappa shape index (κ3) is 39.2. The number of aromatic nitrogens is 2. The first kappa shape index (κ1) is 97.4. The first-order valence-electron chi connectivity index (χ1n) is 38.2. The normalized spacial score (nSPS) is 14.6. The molecule has 2 rings (SSSR count). The van der Waals surface area contributed by atoms with Crippen molar-refractivity contribution in [3.8, 4) is 0 Å². The van der Waals surface area contributed by atoms with E-state index in [-0.39, 0.29) is 132 Å². The van der Waals surface area contributed by atoms with E-state index in [9.17, 15) is 67.4 Å². The van der Waals surface area contributed by atoms with Gasteiger partial charge in [0.1, 0.15) is 66.5 Å². The maximum atomic E-state index is 14.9. The van der Waals surface area contributed by atoms with E-state index in [0.717, 1.165) is 0 Å². The molecule has 12 atom stereocenters. The van der Waals surface area contributed by atoms with Crippen molar-refractivity contribution in [1.82, 2.24) is 73.8 Å². The maximum Gasteiger partial charge on any atom is 0.326 e. The van der Waals surface area contributed by atoms with E-state index in [1.807, 2.05) is 55.4 Å². The zero-order valence-electron chi connectivity index (χ0n) is 66.8. The second kappa shape index (κ2) is 51.7. The Morgan fingerprint density at radius 1 is 0.450 bits per heavy atom. The minimum atomic E-state index is -1.43. The fourth-order valence-corrected chi connectivity index (χ4v) is 12.1. The average Bonchev–Trinajstić information content (AvgIpc) is 0.990. The molecule has 0 aliphatic rings. The molecule has 0 unspecified atom stereocenters. The molecule has 0 aliphatic carbocycles. The van der Waals surface area contributed by atoms with Crippen LogP contribution in [0.4, 0.5) is 0 Å². The summed E-state index contributed by atoms with van der Waals surface area (Å²) in [6, 6.07) is -6.56. The van der Waals surface area contributed by atoms with Crippen LogP contribution in [0.2, 0.25) is 0 Å². The van der Waals surface area contributed by atoms with Gasteiger partial charge in [-0.15, -0.1) is 0 Å². The van der Waals surface area contributed by atoms with Crippen molar-refractivity contribution in [2.24, 2.45) is 79.9 Å². The Balaban J connectivity index is 2.51. The molecule has 0 fully saturated rings. The molecule has 0 aliphatic heterocycles. The number of hydrogen-bond acceptors (Lipinski definition) is 19. The zero-order chi connectivity index (χ0) is 83.6. The number of hydrogen-bond donors (Lipinski definition) is 20. The summed E-state index contributed by atoms with van der Waals surface area (Å²) in [5.41, 5.74) is 35.7. The number of carbonyl (C=O) groups is 13. The number of guanidine groups is 2. The Kier molecular flexibility index (Phi) is 45.4. The molecule has 0 saturated carbocycles. The van der Waals surface area contributed by atoms with Gasteiger partial charge >= 0.3 is 5.97 Å². The Bertz CT molecular complexity index is 3330. The van der Waals surface area contributed by atoms with E-state index in [1.54, 1.807) is 64.3 Å². The number of H-pyrrole nitrogens is 1. The van der Waals surface area contributed by atoms with Crippen LogP contribution in [-0.2, 0) is 75.2 Å². The molecular weight excluding hydrogens is 1450 g/mol. The standard InChI is InChI=1S/C74H128N22O14S/c1-40(2)31-53(90-61(98)48(76)36-47-37-81-39-85-47)68(105)92-54(32-41(3)4)66(103)87-49(24-19-28-82-73(77)78)62(99)84-38-58(97)86-50(23-17-18-27-75)65(102)95-59(44(9)10)71(108)89-51(25-20-29-83-74(79)80)63(100)94-57(35-46-21-15-14-16-22-46)69(106)93-55(33-42(5)6)67(104)88-52(26-30-111-13)64(101)91-56(34-43(7)8)70(107)96-60(45(11)12)72(109)110/h14-16,21-22,37,39-45,48-57,59-60H,17-20,23-36,38,75-76H2,1-13H3,(H,81,85)(H,84,99)(H,86,97)(H,87,103)(H,88,104)(H,89,108)(H,90,98)(H,91,101)(H,92,105)(H,93,106)(H,94,100)(H,95,102)(H,96,107)(H,109,110)(H4,77,78,82)(H4,79,80,83)/t48-,49-,50-,51-,52-,53-,54-,55-,56-,57-,59-,60-/m0/s1. The van der Waals surface area contributed by atoms with Gasteiger partial charge in [0.15, 0.2) is 11.9 Å². The van der Waals surface area contributed by atoms with Crippen molar-refractivity contribution in [1.29, 1.82) is 0 Å². The summed E-state index contributed by atoms with van der Waals surface area (Å²) in [6.45, 7) is 20.7. The van der Waals surface area contributed by atoms with Gasteiger partial charge in [-0.1, -0.05) is 113 Å². The molecule has 111 heavy (non-hydrogen) atoms. The summed E-state index contributed by atoms with van der Waals surface area (Å²) in [7, 11) is 0. The number of benzene rings is 1. The number of aromatic amines is 1. The van der Waals surface area contributed by atoms with Crippen molar-refractivity contribution in [3.63, 3.8) is 0 Å². The van der Waals surface area contributed by atoms with E-state index >= 15 is 0 Å². The molecule has 0 spiro atoms. The van der Waals surface area contributed by atoms with Gasteiger partial charge in [0, 0.05) is 37.8 Å². The molecule has 36 nitrogen and oxygen atoms in total. The number of carboxylic acid groups (broad SMARTS) is 1. The van der Waals surface area contributed by atoms with Crippen LogP contribution >= 0.6 is 11.8 Å². The highest BCUT2D eigenvalue weighted by atomic mass is 32.2. The van der Waals surface area contributed by atoms with Crippen LogP contribution in [0.15, 0.2) is 52.8 Å². The van der Waals surface area contributed by atoms with Crippen LogP contribution in [0, 0.1) is 35.5 Å². The molecule has 1 heterocycles. The molecule has 37 heteroatoms. The van der Waals surface area contributed by atoms with Gasteiger partial charge < -0.3 is 108 Å². The first-order chi connectivity index (χ1) is 52.3. The number of aliphatic carboxylic acids is 1. The molecule has 0 saturated heterocycles. The third-order valence-corrected chi connectivity index (χ3v) is 18.2. The highest BCUT2D eigenvalue weighted by Crippen LogP contribution is 2.17. The number of thioether (sulfide) groups is 1. The maximum absolute atomic E-state index is 14.9. The van der Waals surface area contributed by atoms with Crippen molar-refractivity contribution < 1.29 is 67.4 Å². The topological polar surface area (TPSA) is 596 Å². The number of imidazole rings is 1. The number of rotatable bonds is 54. The van der Waals surface area contributed by atoms with Crippen molar-refractivity contribution in [2.45, 2.75) is 245 Å². The molecule has 26 N–H and O–H groups in total. The Morgan fingerprint density at radius 3 is 1.25 bits per heavy atom. The lowest BCUT2D eigenvalue weighted by atomic mass is 9.99. The molecular formula is C74H128N22O14S.